The summed E-state index contributed by atoms with van der Waals surface area (Å²) in [5.41, 5.74) is 0.486. The summed E-state index contributed by atoms with van der Waals surface area (Å²) in [6.45, 7) is 15.9. The first kappa shape index (κ1) is 31.8. The second-order valence-electron chi connectivity index (χ2n) is 10.8. The lowest BCUT2D eigenvalue weighted by Gasteiger charge is -2.44. The third kappa shape index (κ3) is 9.68. The Balaban J connectivity index is 3.47. The van der Waals surface area contributed by atoms with E-state index >= 15 is 0 Å². The van der Waals surface area contributed by atoms with Crippen molar-refractivity contribution in [1.82, 2.24) is 15.5 Å². The van der Waals surface area contributed by atoms with Crippen LogP contribution in [0.4, 0.5) is 4.79 Å². The Kier molecular flexibility index (Phi) is 12.8. The van der Waals surface area contributed by atoms with Gasteiger partial charge in [-0.3, -0.25) is 9.59 Å². The predicted molar refractivity (Wildman–Crippen MR) is 149 cm³/mol. The second kappa shape index (κ2) is 14.5. The van der Waals surface area contributed by atoms with E-state index in [1.165, 1.54) is 0 Å². The first-order chi connectivity index (χ1) is 16.8. The molecule has 36 heavy (non-hydrogen) atoms. The third-order valence-corrected chi connectivity index (χ3v) is 6.58. The number of rotatable bonds is 13. The van der Waals surface area contributed by atoms with Crippen LogP contribution in [-0.4, -0.2) is 52.3 Å². The molecule has 0 heterocycles. The average molecular weight is 522 g/mol. The number of hydrogen-bond donors (Lipinski definition) is 3. The van der Waals surface area contributed by atoms with Crippen molar-refractivity contribution in [3.63, 3.8) is 0 Å². The number of unbranched alkanes of at least 4 members (excludes halogenated alkanes) is 2. The molecule has 0 aliphatic heterocycles. The van der Waals surface area contributed by atoms with Crippen LogP contribution in [0.3, 0.4) is 0 Å². The lowest BCUT2D eigenvalue weighted by molar-refractivity contribution is -0.148. The van der Waals surface area contributed by atoms with Crippen LogP contribution < -0.4 is 10.6 Å². The molecule has 0 saturated heterocycles. The molecule has 3 amide bonds. The summed E-state index contributed by atoms with van der Waals surface area (Å²) in [5, 5.41) is 5.70. The lowest BCUT2D eigenvalue weighted by Crippen LogP contribution is -2.60. The number of ether oxygens (including phenoxy) is 1. The fourth-order valence-electron chi connectivity index (χ4n) is 3.79. The Morgan fingerprint density at radius 3 is 2.08 bits per heavy atom. The van der Waals surface area contributed by atoms with Gasteiger partial charge in [-0.25, -0.2) is 4.79 Å². The highest BCUT2D eigenvalue weighted by Gasteiger charge is 2.42. The zero-order chi connectivity index (χ0) is 27.5. The fourth-order valence-corrected chi connectivity index (χ4v) is 4.03. The Bertz CT molecular complexity index is 849. The topological polar surface area (TPSA) is 87.7 Å². The Morgan fingerprint density at radius 1 is 1.00 bits per heavy atom. The predicted octanol–water partition coefficient (Wildman–Crippen LogP) is 5.44. The number of alkyl carbamates (subject to hydrolysis) is 1. The minimum absolute atomic E-state index is 0.0635. The second-order valence-corrected chi connectivity index (χ2v) is 11.1. The molecule has 2 N–H and O–H groups in total. The summed E-state index contributed by atoms with van der Waals surface area (Å²) in [5.74, 6) is -0.551. The first-order valence-electron chi connectivity index (χ1n) is 13.1. The highest BCUT2D eigenvalue weighted by molar-refractivity contribution is 7.80. The molecule has 2 atom stereocenters. The molecule has 7 nitrogen and oxygen atoms in total. The van der Waals surface area contributed by atoms with Crippen LogP contribution in [0.5, 0.6) is 0 Å². The van der Waals surface area contributed by atoms with Crippen molar-refractivity contribution in [2.24, 2.45) is 0 Å². The molecule has 8 heteroatoms. The van der Waals surface area contributed by atoms with Gasteiger partial charge in [0.25, 0.3) is 0 Å². The number of nitrogens with zero attached hydrogens (tertiary/aromatic N) is 1. The van der Waals surface area contributed by atoms with Gasteiger partial charge in [0.05, 0.1) is 0 Å². The quantitative estimate of drug-likeness (QED) is 0.238. The monoisotopic (exact) mass is 521 g/mol. The number of benzene rings is 1. The molecule has 0 bridgehead atoms. The van der Waals surface area contributed by atoms with Crippen molar-refractivity contribution >= 4 is 30.5 Å². The van der Waals surface area contributed by atoms with E-state index in [0.717, 1.165) is 36.8 Å². The highest BCUT2D eigenvalue weighted by Crippen LogP contribution is 2.32. The van der Waals surface area contributed by atoms with Crippen LogP contribution >= 0.6 is 12.6 Å². The molecule has 1 aromatic carbocycles. The molecule has 0 fully saturated rings. The third-order valence-electron chi connectivity index (χ3n) is 6.22. The first-order valence-corrected chi connectivity index (χ1v) is 13.7. The molecule has 1 rings (SSSR count). The van der Waals surface area contributed by atoms with Crippen molar-refractivity contribution in [3.05, 3.63) is 35.4 Å². The Morgan fingerprint density at radius 2 is 1.61 bits per heavy atom. The molecular weight excluding hydrogens is 474 g/mol. The van der Waals surface area contributed by atoms with Crippen molar-refractivity contribution < 1.29 is 19.1 Å². The van der Waals surface area contributed by atoms with Crippen molar-refractivity contribution in [3.8, 4) is 0 Å². The van der Waals surface area contributed by atoms with Crippen molar-refractivity contribution in [2.45, 2.75) is 111 Å². The summed E-state index contributed by atoms with van der Waals surface area (Å²) in [6.07, 6.45) is 3.72. The number of aryl methyl sites for hydroxylation is 1. The number of carbonyl (C=O) groups excluding carboxylic acids is 3. The van der Waals surface area contributed by atoms with Crippen LogP contribution in [0.15, 0.2) is 24.3 Å². The maximum Gasteiger partial charge on any atom is 0.408 e. The molecule has 1 aromatic rings. The largest absolute Gasteiger partial charge is 0.444 e. The zero-order valence-corrected chi connectivity index (χ0v) is 24.3. The summed E-state index contributed by atoms with van der Waals surface area (Å²) >= 11 is 4.36. The SMILES string of the molecule is CCCCCNC(=O)C(c1ccc(CC)cc1)N(C(=O)C(CS)NC(=O)OC(C)(C)C)C(C)(C)CC. The standard InChI is InChI=1S/C28H47N3O4S/c1-9-12-13-18-29-24(32)23(21-16-14-20(10-2)15-17-21)31(28(7,8)11-3)25(33)22(19-36)30-26(34)35-27(4,5)6/h14-17,22-23,36H,9-13,18-19H2,1-8H3,(H,29,32)(H,30,34). The lowest BCUT2D eigenvalue weighted by atomic mass is 9.91. The van der Waals surface area contributed by atoms with Gasteiger partial charge < -0.3 is 20.3 Å². The summed E-state index contributed by atoms with van der Waals surface area (Å²) in [7, 11) is 0. The van der Waals surface area contributed by atoms with Gasteiger partial charge in [0.1, 0.15) is 17.7 Å². The van der Waals surface area contributed by atoms with Crippen LogP contribution in [0.1, 0.15) is 98.2 Å². The van der Waals surface area contributed by atoms with E-state index in [2.05, 4.69) is 37.1 Å². The molecule has 204 valence electrons. The van der Waals surface area contributed by atoms with Gasteiger partial charge in [0.2, 0.25) is 11.8 Å². The summed E-state index contributed by atoms with van der Waals surface area (Å²) < 4.78 is 5.37. The van der Waals surface area contributed by atoms with Gasteiger partial charge in [0, 0.05) is 17.8 Å². The van der Waals surface area contributed by atoms with E-state index in [9.17, 15) is 14.4 Å². The van der Waals surface area contributed by atoms with E-state index in [4.69, 9.17) is 4.74 Å². The van der Waals surface area contributed by atoms with Gasteiger partial charge in [-0.15, -0.1) is 0 Å². The normalized spacial score (nSPS) is 13.5. The molecule has 0 aliphatic carbocycles. The van der Waals surface area contributed by atoms with E-state index < -0.39 is 29.3 Å². The molecule has 0 radical (unpaired) electrons. The molecule has 2 unspecified atom stereocenters. The zero-order valence-electron chi connectivity index (χ0n) is 23.4. The van der Waals surface area contributed by atoms with E-state index in [1.807, 2.05) is 45.0 Å². The van der Waals surface area contributed by atoms with E-state index in [0.29, 0.717) is 13.0 Å². The number of thiol groups is 1. The van der Waals surface area contributed by atoms with E-state index in [-0.39, 0.29) is 17.6 Å². The van der Waals surface area contributed by atoms with Gasteiger partial charge in [-0.2, -0.15) is 12.6 Å². The van der Waals surface area contributed by atoms with Gasteiger partial charge >= 0.3 is 6.09 Å². The minimum Gasteiger partial charge on any atom is -0.444 e. The molecule has 0 aromatic heterocycles. The maximum absolute atomic E-state index is 14.0. The molecule has 0 spiro atoms. The average Bonchev–Trinajstić information content (AvgIpc) is 2.82. The van der Waals surface area contributed by atoms with Crippen LogP contribution in [0.2, 0.25) is 0 Å². The number of nitrogens with one attached hydrogen (secondary N) is 2. The number of hydrogen-bond acceptors (Lipinski definition) is 5. The summed E-state index contributed by atoms with van der Waals surface area (Å²) in [6, 6.07) is 5.99. The fraction of sp³-hybridized carbons (Fsp3) is 0.679. The molecule has 0 aliphatic rings. The number of amides is 3. The van der Waals surface area contributed by atoms with Gasteiger partial charge in [0.15, 0.2) is 0 Å². The molecule has 0 saturated carbocycles. The number of carbonyl (C=O) groups is 3. The van der Waals surface area contributed by atoms with E-state index in [1.54, 1.807) is 25.7 Å². The van der Waals surface area contributed by atoms with Gasteiger partial charge in [-0.05, 0) is 65.0 Å². The van der Waals surface area contributed by atoms with Crippen LogP contribution in [0.25, 0.3) is 0 Å². The smallest absolute Gasteiger partial charge is 0.408 e. The van der Waals surface area contributed by atoms with Gasteiger partial charge in [-0.1, -0.05) is 57.9 Å². The Hall–Kier alpha value is -2.22. The van der Waals surface area contributed by atoms with Crippen LogP contribution in [0, 0.1) is 0 Å². The highest BCUT2D eigenvalue weighted by atomic mass is 32.1. The van der Waals surface area contributed by atoms with Crippen molar-refractivity contribution in [1.29, 1.82) is 0 Å². The minimum atomic E-state index is -0.959. The van der Waals surface area contributed by atoms with Crippen molar-refractivity contribution in [2.75, 3.05) is 12.3 Å². The summed E-state index contributed by atoms with van der Waals surface area (Å²) in [4.78, 5) is 41.8. The Labute approximate surface area is 223 Å². The maximum atomic E-state index is 14.0. The molecular formula is C28H47N3O4S. The van der Waals surface area contributed by atoms with Crippen LogP contribution in [-0.2, 0) is 20.7 Å².